The first-order chi connectivity index (χ1) is 10.0. The number of fused-ring (bicyclic) bond motifs is 1. The summed E-state index contributed by atoms with van der Waals surface area (Å²) in [5.41, 5.74) is 6.72. The van der Waals surface area contributed by atoms with E-state index in [0.717, 1.165) is 12.8 Å². The third-order valence-corrected chi connectivity index (χ3v) is 3.48. The molecule has 0 spiro atoms. The number of hydrogen-bond acceptors (Lipinski definition) is 4. The molecule has 6 nitrogen and oxygen atoms in total. The van der Waals surface area contributed by atoms with Crippen molar-refractivity contribution >= 4 is 34.8 Å². The first-order valence-corrected chi connectivity index (χ1v) is 7.21. The van der Waals surface area contributed by atoms with E-state index in [-0.39, 0.29) is 18.4 Å². The van der Waals surface area contributed by atoms with Crippen molar-refractivity contribution in [3.8, 4) is 5.75 Å². The maximum atomic E-state index is 12.0. The van der Waals surface area contributed by atoms with Crippen molar-refractivity contribution in [2.75, 3.05) is 17.2 Å². The van der Waals surface area contributed by atoms with Gasteiger partial charge in [-0.15, -0.1) is 0 Å². The number of carbonyl (C=O) groups excluding carboxylic acids is 2. The van der Waals surface area contributed by atoms with Crippen molar-refractivity contribution < 1.29 is 14.3 Å². The van der Waals surface area contributed by atoms with Crippen LogP contribution < -0.4 is 21.1 Å². The van der Waals surface area contributed by atoms with Crippen LogP contribution >= 0.6 is 11.6 Å². The number of nitrogens with one attached hydrogen (secondary N) is 2. The van der Waals surface area contributed by atoms with Gasteiger partial charge in [-0.05, 0) is 12.5 Å². The smallest absolute Gasteiger partial charge is 0.262 e. The van der Waals surface area contributed by atoms with Crippen LogP contribution in [0.1, 0.15) is 26.2 Å². The summed E-state index contributed by atoms with van der Waals surface area (Å²) < 4.78 is 5.29. The number of benzene rings is 1. The minimum atomic E-state index is -0.572. The largest absolute Gasteiger partial charge is 0.482 e. The van der Waals surface area contributed by atoms with Crippen molar-refractivity contribution in [2.24, 2.45) is 5.73 Å². The zero-order chi connectivity index (χ0) is 15.4. The van der Waals surface area contributed by atoms with E-state index in [1.54, 1.807) is 12.1 Å². The van der Waals surface area contributed by atoms with Crippen molar-refractivity contribution in [1.82, 2.24) is 0 Å². The van der Waals surface area contributed by atoms with Gasteiger partial charge in [0, 0.05) is 6.07 Å². The Labute approximate surface area is 128 Å². The van der Waals surface area contributed by atoms with Gasteiger partial charge in [0.25, 0.3) is 5.91 Å². The fourth-order valence-electron chi connectivity index (χ4n) is 1.98. The third-order valence-electron chi connectivity index (χ3n) is 3.17. The first-order valence-electron chi connectivity index (χ1n) is 6.84. The predicted molar refractivity (Wildman–Crippen MR) is 81.7 cm³/mol. The molecule has 0 radical (unpaired) electrons. The van der Waals surface area contributed by atoms with Crippen LogP contribution in [0.15, 0.2) is 12.1 Å². The molecule has 1 aromatic carbocycles. The topological polar surface area (TPSA) is 93.5 Å². The minimum Gasteiger partial charge on any atom is -0.482 e. The van der Waals surface area contributed by atoms with E-state index in [9.17, 15) is 9.59 Å². The fourth-order valence-corrected chi connectivity index (χ4v) is 2.19. The number of ether oxygens (including phenoxy) is 1. The molecular weight excluding hydrogens is 294 g/mol. The molecule has 2 rings (SSSR count). The molecule has 1 heterocycles. The van der Waals surface area contributed by atoms with Crippen LogP contribution in [0.2, 0.25) is 5.02 Å². The van der Waals surface area contributed by atoms with Crippen LogP contribution in [0.4, 0.5) is 11.4 Å². The minimum absolute atomic E-state index is 0.0575. The Morgan fingerprint density at radius 1 is 1.57 bits per heavy atom. The Morgan fingerprint density at radius 3 is 3.05 bits per heavy atom. The summed E-state index contributed by atoms with van der Waals surface area (Å²) in [7, 11) is 0. The molecule has 1 aromatic rings. The van der Waals surface area contributed by atoms with E-state index in [1.807, 2.05) is 6.92 Å². The molecule has 0 aliphatic carbocycles. The molecule has 1 aliphatic rings. The molecule has 0 saturated heterocycles. The number of hydrogen-bond donors (Lipinski definition) is 3. The monoisotopic (exact) mass is 311 g/mol. The van der Waals surface area contributed by atoms with E-state index in [4.69, 9.17) is 22.1 Å². The second-order valence-electron chi connectivity index (χ2n) is 4.90. The lowest BCUT2D eigenvalue weighted by Gasteiger charge is -2.20. The van der Waals surface area contributed by atoms with Crippen LogP contribution in [-0.2, 0) is 9.59 Å². The van der Waals surface area contributed by atoms with Crippen molar-refractivity contribution in [3.05, 3.63) is 17.2 Å². The van der Waals surface area contributed by atoms with Gasteiger partial charge in [0.1, 0.15) is 5.75 Å². The lowest BCUT2D eigenvalue weighted by molar-refractivity contribution is -0.119. The Morgan fingerprint density at radius 2 is 2.33 bits per heavy atom. The average molecular weight is 312 g/mol. The third kappa shape index (κ3) is 3.86. The standard InChI is InChI=1S/C14H18ClN3O3/c1-2-3-4-9(16)14(20)18-10-6-12-11(5-8(10)15)17-13(19)7-21-12/h5-6,9H,2-4,7,16H2,1H3,(H,17,19)(H,18,20). The lowest BCUT2D eigenvalue weighted by atomic mass is 10.1. The van der Waals surface area contributed by atoms with Gasteiger partial charge >= 0.3 is 0 Å². The maximum absolute atomic E-state index is 12.0. The van der Waals surface area contributed by atoms with Gasteiger partial charge in [0.05, 0.1) is 22.4 Å². The SMILES string of the molecule is CCCCC(N)C(=O)Nc1cc2c(cc1Cl)NC(=O)CO2. The molecule has 4 N–H and O–H groups in total. The summed E-state index contributed by atoms with van der Waals surface area (Å²) >= 11 is 6.10. The number of rotatable bonds is 5. The van der Waals surface area contributed by atoms with E-state index in [2.05, 4.69) is 10.6 Å². The molecule has 0 bridgehead atoms. The van der Waals surface area contributed by atoms with Gasteiger partial charge in [-0.25, -0.2) is 0 Å². The molecule has 0 saturated carbocycles. The molecule has 0 fully saturated rings. The Kier molecular flexibility index (Phi) is 5.03. The van der Waals surface area contributed by atoms with Gasteiger partial charge in [-0.3, -0.25) is 9.59 Å². The summed E-state index contributed by atoms with van der Waals surface area (Å²) in [4.78, 5) is 23.2. The van der Waals surface area contributed by atoms with Gasteiger partial charge in [-0.1, -0.05) is 31.4 Å². The Balaban J connectivity index is 2.10. The highest BCUT2D eigenvalue weighted by Crippen LogP contribution is 2.36. The molecule has 1 atom stereocenters. The number of anilines is 2. The lowest BCUT2D eigenvalue weighted by Crippen LogP contribution is -2.35. The number of carbonyl (C=O) groups is 2. The number of unbranched alkanes of at least 4 members (excludes halogenated alkanes) is 1. The fraction of sp³-hybridized carbons (Fsp3) is 0.429. The number of nitrogens with two attached hydrogens (primary N) is 1. The van der Waals surface area contributed by atoms with Gasteiger partial charge in [0.2, 0.25) is 5.91 Å². The predicted octanol–water partition coefficient (Wildman–Crippen LogP) is 2.13. The van der Waals surface area contributed by atoms with E-state index in [1.165, 1.54) is 0 Å². The second-order valence-corrected chi connectivity index (χ2v) is 5.31. The molecular formula is C14H18ClN3O3. The molecule has 1 unspecified atom stereocenters. The molecule has 1 aliphatic heterocycles. The van der Waals surface area contributed by atoms with Gasteiger partial charge in [0.15, 0.2) is 6.61 Å². The normalized spacial score (nSPS) is 14.7. The van der Waals surface area contributed by atoms with Crippen LogP contribution in [0, 0.1) is 0 Å². The Bertz CT molecular complexity index is 563. The van der Waals surface area contributed by atoms with Crippen molar-refractivity contribution in [1.29, 1.82) is 0 Å². The highest BCUT2D eigenvalue weighted by molar-refractivity contribution is 6.34. The highest BCUT2D eigenvalue weighted by atomic mass is 35.5. The molecule has 114 valence electrons. The van der Waals surface area contributed by atoms with E-state index >= 15 is 0 Å². The van der Waals surface area contributed by atoms with Crippen LogP contribution in [0.3, 0.4) is 0 Å². The van der Waals surface area contributed by atoms with Crippen molar-refractivity contribution in [3.63, 3.8) is 0 Å². The molecule has 2 amide bonds. The van der Waals surface area contributed by atoms with Crippen molar-refractivity contribution in [2.45, 2.75) is 32.2 Å². The quantitative estimate of drug-likeness (QED) is 0.776. The maximum Gasteiger partial charge on any atom is 0.262 e. The zero-order valence-electron chi connectivity index (χ0n) is 11.7. The van der Waals surface area contributed by atoms with Gasteiger partial charge < -0.3 is 21.1 Å². The second kappa shape index (κ2) is 6.78. The van der Waals surface area contributed by atoms with Gasteiger partial charge in [-0.2, -0.15) is 0 Å². The summed E-state index contributed by atoms with van der Waals surface area (Å²) in [5, 5.41) is 5.65. The number of halogens is 1. The zero-order valence-corrected chi connectivity index (χ0v) is 12.5. The summed E-state index contributed by atoms with van der Waals surface area (Å²) in [6, 6.07) is 2.56. The average Bonchev–Trinajstić information content (AvgIpc) is 2.45. The summed E-state index contributed by atoms with van der Waals surface area (Å²) in [5.74, 6) is -0.0569. The number of amides is 2. The summed E-state index contributed by atoms with van der Waals surface area (Å²) in [6.45, 7) is 1.98. The molecule has 7 heteroatoms. The summed E-state index contributed by atoms with van der Waals surface area (Å²) in [6.07, 6.45) is 2.49. The Hall–Kier alpha value is -1.79. The van der Waals surface area contributed by atoms with E-state index < -0.39 is 6.04 Å². The highest BCUT2D eigenvalue weighted by Gasteiger charge is 2.20. The molecule has 0 aromatic heterocycles. The van der Waals surface area contributed by atoms with Crippen LogP contribution in [0.5, 0.6) is 5.75 Å². The van der Waals surface area contributed by atoms with Crippen LogP contribution in [-0.4, -0.2) is 24.5 Å². The van der Waals surface area contributed by atoms with E-state index in [0.29, 0.717) is 28.6 Å². The molecule has 21 heavy (non-hydrogen) atoms. The van der Waals surface area contributed by atoms with Crippen LogP contribution in [0.25, 0.3) is 0 Å². The first kappa shape index (κ1) is 15.6.